The number of benzene rings is 3. The van der Waals surface area contributed by atoms with E-state index in [9.17, 15) is 14.0 Å². The molecule has 0 aliphatic rings. The molecule has 2 amide bonds. The molecule has 0 saturated heterocycles. The predicted octanol–water partition coefficient (Wildman–Crippen LogP) is 4.07. The molecule has 154 valence electrons. The Kier molecular flexibility index (Phi) is 6.87. The highest BCUT2D eigenvalue weighted by Crippen LogP contribution is 2.28. The highest BCUT2D eigenvalue weighted by atomic mass is 35.5. The topological polar surface area (TPSA) is 90.7 Å². The number of nitrogens with one attached hydrogen (secondary N) is 1. The fourth-order valence-electron chi connectivity index (χ4n) is 2.58. The number of carbonyl (C=O) groups excluding carboxylic acids is 2. The molecule has 3 aromatic rings. The number of ether oxygens (including phenoxy) is 2. The standard InChI is InChI=1S/C22H18ClFN2O4/c23-15-4-9-20(30-17-7-5-16(24)6-8-17)19(11-15)22(28)26-12-14-2-1-3-18(10-14)29-13-21(25)27/h1-11H,12-13H2,(H2,25,27)(H,26,28). The van der Waals surface area contributed by atoms with Crippen molar-refractivity contribution in [2.45, 2.75) is 6.54 Å². The van der Waals surface area contributed by atoms with Crippen LogP contribution in [0.1, 0.15) is 15.9 Å². The third-order valence-corrected chi connectivity index (χ3v) is 4.20. The number of hydrogen-bond donors (Lipinski definition) is 2. The summed E-state index contributed by atoms with van der Waals surface area (Å²) in [6, 6.07) is 17.0. The van der Waals surface area contributed by atoms with Crippen molar-refractivity contribution in [1.82, 2.24) is 5.32 Å². The summed E-state index contributed by atoms with van der Waals surface area (Å²) in [5, 5.41) is 3.15. The lowest BCUT2D eigenvalue weighted by atomic mass is 10.1. The molecule has 0 radical (unpaired) electrons. The molecular weight excluding hydrogens is 411 g/mol. The van der Waals surface area contributed by atoms with E-state index in [2.05, 4.69) is 5.32 Å². The number of amides is 2. The molecule has 3 N–H and O–H groups in total. The summed E-state index contributed by atoms with van der Waals surface area (Å²) < 4.78 is 24.1. The van der Waals surface area contributed by atoms with Gasteiger partial charge in [0.1, 0.15) is 23.1 Å². The molecule has 0 unspecified atom stereocenters. The van der Waals surface area contributed by atoms with Gasteiger partial charge >= 0.3 is 0 Å². The van der Waals surface area contributed by atoms with Gasteiger partial charge in [0.15, 0.2) is 6.61 Å². The van der Waals surface area contributed by atoms with Crippen LogP contribution in [0.4, 0.5) is 4.39 Å². The fraction of sp³-hybridized carbons (Fsp3) is 0.0909. The first kappa shape index (κ1) is 21.1. The zero-order valence-electron chi connectivity index (χ0n) is 15.7. The second-order valence-corrected chi connectivity index (χ2v) is 6.72. The summed E-state index contributed by atoms with van der Waals surface area (Å²) >= 11 is 6.04. The normalized spacial score (nSPS) is 10.3. The van der Waals surface area contributed by atoms with Crippen LogP contribution in [0.15, 0.2) is 66.7 Å². The lowest BCUT2D eigenvalue weighted by Gasteiger charge is -2.12. The molecule has 0 aliphatic heterocycles. The van der Waals surface area contributed by atoms with Crippen molar-refractivity contribution in [1.29, 1.82) is 0 Å². The Balaban J connectivity index is 1.70. The van der Waals surface area contributed by atoms with E-state index in [1.54, 1.807) is 36.4 Å². The minimum atomic E-state index is -0.580. The number of rotatable bonds is 8. The van der Waals surface area contributed by atoms with Crippen LogP contribution in [0.2, 0.25) is 5.02 Å². The SMILES string of the molecule is NC(=O)COc1cccc(CNC(=O)c2cc(Cl)ccc2Oc2ccc(F)cc2)c1. The minimum Gasteiger partial charge on any atom is -0.484 e. The molecule has 6 nitrogen and oxygen atoms in total. The lowest BCUT2D eigenvalue weighted by molar-refractivity contribution is -0.119. The summed E-state index contributed by atoms with van der Waals surface area (Å²) in [6.07, 6.45) is 0. The Morgan fingerprint density at radius 1 is 1.00 bits per heavy atom. The van der Waals surface area contributed by atoms with Crippen molar-refractivity contribution in [3.63, 3.8) is 0 Å². The van der Waals surface area contributed by atoms with Crippen LogP contribution in [0, 0.1) is 5.82 Å². The van der Waals surface area contributed by atoms with E-state index in [4.69, 9.17) is 26.8 Å². The fourth-order valence-corrected chi connectivity index (χ4v) is 2.75. The van der Waals surface area contributed by atoms with Gasteiger partial charge in [-0.3, -0.25) is 9.59 Å². The van der Waals surface area contributed by atoms with Gasteiger partial charge in [-0.2, -0.15) is 0 Å². The summed E-state index contributed by atoms with van der Waals surface area (Å²) in [5.74, 6) is -0.252. The maximum Gasteiger partial charge on any atom is 0.255 e. The summed E-state index contributed by atoms with van der Waals surface area (Å²) in [5.41, 5.74) is 6.06. The maximum absolute atomic E-state index is 13.1. The van der Waals surface area contributed by atoms with Crippen molar-refractivity contribution in [2.24, 2.45) is 5.73 Å². The van der Waals surface area contributed by atoms with Crippen LogP contribution in [-0.2, 0) is 11.3 Å². The zero-order chi connectivity index (χ0) is 21.5. The Morgan fingerprint density at radius 2 is 1.77 bits per heavy atom. The highest BCUT2D eigenvalue weighted by Gasteiger charge is 2.14. The first-order valence-corrected chi connectivity index (χ1v) is 9.30. The molecule has 0 aliphatic carbocycles. The molecule has 30 heavy (non-hydrogen) atoms. The maximum atomic E-state index is 13.1. The molecule has 3 aromatic carbocycles. The molecule has 0 fully saturated rings. The van der Waals surface area contributed by atoms with Gasteiger partial charge in [-0.1, -0.05) is 23.7 Å². The van der Waals surface area contributed by atoms with E-state index in [0.717, 1.165) is 5.56 Å². The van der Waals surface area contributed by atoms with Crippen LogP contribution in [0.3, 0.4) is 0 Å². The van der Waals surface area contributed by atoms with Crippen molar-refractivity contribution in [3.8, 4) is 17.2 Å². The van der Waals surface area contributed by atoms with Gasteiger partial charge in [-0.25, -0.2) is 4.39 Å². The van der Waals surface area contributed by atoms with Crippen molar-refractivity contribution >= 4 is 23.4 Å². The minimum absolute atomic E-state index is 0.203. The average molecular weight is 429 g/mol. The number of nitrogens with two attached hydrogens (primary N) is 1. The van der Waals surface area contributed by atoms with E-state index >= 15 is 0 Å². The Bertz CT molecular complexity index is 1060. The van der Waals surface area contributed by atoms with Crippen LogP contribution in [0.25, 0.3) is 0 Å². The highest BCUT2D eigenvalue weighted by molar-refractivity contribution is 6.31. The largest absolute Gasteiger partial charge is 0.484 e. The summed E-state index contributed by atoms with van der Waals surface area (Å²) in [7, 11) is 0. The number of halogens is 2. The van der Waals surface area contributed by atoms with E-state index in [1.165, 1.54) is 30.3 Å². The Morgan fingerprint density at radius 3 is 2.50 bits per heavy atom. The average Bonchev–Trinajstić information content (AvgIpc) is 2.73. The second-order valence-electron chi connectivity index (χ2n) is 6.28. The van der Waals surface area contributed by atoms with Crippen molar-refractivity contribution < 1.29 is 23.5 Å². The summed E-state index contributed by atoms with van der Waals surface area (Å²) in [4.78, 5) is 23.6. The van der Waals surface area contributed by atoms with Crippen LogP contribution in [-0.4, -0.2) is 18.4 Å². The Labute approximate surface area is 177 Å². The van der Waals surface area contributed by atoms with Gasteiger partial charge in [0, 0.05) is 11.6 Å². The smallest absolute Gasteiger partial charge is 0.255 e. The molecule has 8 heteroatoms. The quantitative estimate of drug-likeness (QED) is 0.566. The number of carbonyl (C=O) groups is 2. The van der Waals surface area contributed by atoms with Crippen LogP contribution in [0.5, 0.6) is 17.2 Å². The van der Waals surface area contributed by atoms with E-state index in [1.807, 2.05) is 0 Å². The third-order valence-electron chi connectivity index (χ3n) is 3.96. The lowest BCUT2D eigenvalue weighted by Crippen LogP contribution is -2.23. The van der Waals surface area contributed by atoms with Crippen LogP contribution >= 0.6 is 11.6 Å². The molecule has 0 spiro atoms. The van der Waals surface area contributed by atoms with Gasteiger partial charge in [-0.15, -0.1) is 0 Å². The molecule has 0 saturated carbocycles. The first-order chi connectivity index (χ1) is 14.4. The van der Waals surface area contributed by atoms with E-state index in [-0.39, 0.29) is 24.5 Å². The number of hydrogen-bond acceptors (Lipinski definition) is 4. The predicted molar refractivity (Wildman–Crippen MR) is 110 cm³/mol. The van der Waals surface area contributed by atoms with Crippen molar-refractivity contribution in [3.05, 3.63) is 88.7 Å². The van der Waals surface area contributed by atoms with Gasteiger partial charge in [0.2, 0.25) is 0 Å². The van der Waals surface area contributed by atoms with Gasteiger partial charge in [0.25, 0.3) is 11.8 Å². The molecule has 0 atom stereocenters. The molecule has 0 heterocycles. The molecule has 0 bridgehead atoms. The Hall–Kier alpha value is -3.58. The van der Waals surface area contributed by atoms with Crippen molar-refractivity contribution in [2.75, 3.05) is 6.61 Å². The van der Waals surface area contributed by atoms with Crippen LogP contribution < -0.4 is 20.5 Å². The monoisotopic (exact) mass is 428 g/mol. The second kappa shape index (κ2) is 9.76. The molecule has 0 aromatic heterocycles. The van der Waals surface area contributed by atoms with E-state index < -0.39 is 17.6 Å². The third kappa shape index (κ3) is 5.96. The van der Waals surface area contributed by atoms with E-state index in [0.29, 0.717) is 16.5 Å². The molecular formula is C22H18ClFN2O4. The number of primary amides is 1. The van der Waals surface area contributed by atoms with Gasteiger partial charge in [0.05, 0.1) is 5.56 Å². The molecule has 3 rings (SSSR count). The summed E-state index contributed by atoms with van der Waals surface area (Å²) in [6.45, 7) is -0.0302. The van der Waals surface area contributed by atoms with Gasteiger partial charge < -0.3 is 20.5 Å². The first-order valence-electron chi connectivity index (χ1n) is 8.92. The van der Waals surface area contributed by atoms with Gasteiger partial charge in [-0.05, 0) is 60.2 Å². The zero-order valence-corrected chi connectivity index (χ0v) is 16.5.